The Morgan fingerprint density at radius 1 is 1.40 bits per heavy atom. The third-order valence-electron chi connectivity index (χ3n) is 2.27. The Labute approximate surface area is 92.3 Å². The summed E-state index contributed by atoms with van der Waals surface area (Å²) in [6.45, 7) is 1.77. The summed E-state index contributed by atoms with van der Waals surface area (Å²) in [6.07, 6.45) is 0. The molecule has 78 valence electrons. The van der Waals surface area contributed by atoms with E-state index < -0.39 is 0 Å². The Kier molecular flexibility index (Phi) is 2.40. The largest absolute Gasteiger partial charge is 0.507 e. The number of nitrogens with zero attached hydrogens (tertiary/aromatic N) is 1. The van der Waals surface area contributed by atoms with E-state index in [0.29, 0.717) is 27.4 Å². The van der Waals surface area contributed by atoms with E-state index in [9.17, 15) is 5.11 Å². The van der Waals surface area contributed by atoms with Crippen molar-refractivity contribution in [2.24, 2.45) is 0 Å². The first-order chi connectivity index (χ1) is 7.15. The molecule has 0 aliphatic carbocycles. The highest BCUT2D eigenvalue weighted by atomic mass is 35.5. The number of hydrogen-bond acceptors (Lipinski definition) is 3. The summed E-state index contributed by atoms with van der Waals surface area (Å²) in [6, 6.07) is 5.13. The Balaban J connectivity index is 2.96. The second kappa shape index (κ2) is 3.59. The summed E-state index contributed by atoms with van der Waals surface area (Å²) < 4.78 is 5.14. The van der Waals surface area contributed by atoms with Crippen LogP contribution in [-0.4, -0.2) is 17.2 Å². The Morgan fingerprint density at radius 2 is 2.13 bits per heavy atom. The summed E-state index contributed by atoms with van der Waals surface area (Å²) >= 11 is 6.08. The van der Waals surface area contributed by atoms with Gasteiger partial charge in [-0.05, 0) is 19.1 Å². The van der Waals surface area contributed by atoms with Gasteiger partial charge in [-0.15, -0.1) is 0 Å². The molecule has 0 fully saturated rings. The molecule has 2 rings (SSSR count). The fourth-order valence-corrected chi connectivity index (χ4v) is 1.79. The number of phenols is 1. The summed E-state index contributed by atoms with van der Waals surface area (Å²) in [5.74, 6) is 0.615. The maximum absolute atomic E-state index is 9.73. The molecule has 4 heteroatoms. The lowest BCUT2D eigenvalue weighted by Crippen LogP contribution is -1.93. The zero-order valence-corrected chi connectivity index (χ0v) is 9.17. The molecule has 2 aromatic rings. The lowest BCUT2D eigenvalue weighted by molar-refractivity contribution is 0.402. The molecule has 0 spiro atoms. The van der Waals surface area contributed by atoms with E-state index in [1.54, 1.807) is 26.2 Å². The number of pyridine rings is 1. The van der Waals surface area contributed by atoms with Crippen molar-refractivity contribution < 1.29 is 9.84 Å². The molecule has 0 unspecified atom stereocenters. The van der Waals surface area contributed by atoms with Crippen LogP contribution in [0.15, 0.2) is 18.2 Å². The van der Waals surface area contributed by atoms with Gasteiger partial charge in [0.15, 0.2) is 0 Å². The average Bonchev–Trinajstić information content (AvgIpc) is 2.23. The number of halogens is 1. The lowest BCUT2D eigenvalue weighted by atomic mass is 10.1. The molecule has 15 heavy (non-hydrogen) atoms. The van der Waals surface area contributed by atoms with Crippen molar-refractivity contribution in [3.63, 3.8) is 0 Å². The summed E-state index contributed by atoms with van der Waals surface area (Å²) in [5.41, 5.74) is 0.641. The van der Waals surface area contributed by atoms with E-state index in [4.69, 9.17) is 16.3 Å². The smallest absolute Gasteiger partial charge is 0.221 e. The van der Waals surface area contributed by atoms with Gasteiger partial charge in [0.1, 0.15) is 5.75 Å². The Hall–Kier alpha value is -1.48. The molecular weight excluding hydrogens is 214 g/mol. The van der Waals surface area contributed by atoms with Crippen molar-refractivity contribution in [1.29, 1.82) is 0 Å². The molecule has 0 aliphatic rings. The van der Waals surface area contributed by atoms with Gasteiger partial charge in [0.25, 0.3) is 0 Å². The van der Waals surface area contributed by atoms with Crippen molar-refractivity contribution in [2.45, 2.75) is 6.92 Å². The van der Waals surface area contributed by atoms with E-state index in [1.165, 1.54) is 0 Å². The van der Waals surface area contributed by atoms with Gasteiger partial charge in [0.05, 0.1) is 17.8 Å². The topological polar surface area (TPSA) is 42.4 Å². The van der Waals surface area contributed by atoms with Crippen LogP contribution in [0.25, 0.3) is 10.8 Å². The van der Waals surface area contributed by atoms with Gasteiger partial charge in [-0.3, -0.25) is 0 Å². The van der Waals surface area contributed by atoms with Gasteiger partial charge in [-0.1, -0.05) is 17.7 Å². The van der Waals surface area contributed by atoms with Crippen LogP contribution in [-0.2, 0) is 0 Å². The maximum Gasteiger partial charge on any atom is 0.221 e. The van der Waals surface area contributed by atoms with Crippen LogP contribution >= 0.6 is 11.6 Å². The highest BCUT2D eigenvalue weighted by molar-refractivity contribution is 6.36. The first kappa shape index (κ1) is 10.1. The highest BCUT2D eigenvalue weighted by Crippen LogP contribution is 2.36. The van der Waals surface area contributed by atoms with Crippen molar-refractivity contribution in [3.8, 4) is 11.6 Å². The van der Waals surface area contributed by atoms with Gasteiger partial charge < -0.3 is 9.84 Å². The number of hydrogen-bond donors (Lipinski definition) is 1. The summed E-state index contributed by atoms with van der Waals surface area (Å²) in [4.78, 5) is 4.20. The van der Waals surface area contributed by atoms with Crippen LogP contribution in [0.5, 0.6) is 11.6 Å². The van der Waals surface area contributed by atoms with Crippen molar-refractivity contribution in [3.05, 3.63) is 28.9 Å². The third-order valence-corrected chi connectivity index (χ3v) is 2.74. The predicted molar refractivity (Wildman–Crippen MR) is 59.7 cm³/mol. The number of rotatable bonds is 1. The zero-order valence-electron chi connectivity index (χ0n) is 8.41. The molecule has 0 atom stereocenters. The molecular formula is C11H10ClNO2. The average molecular weight is 224 g/mol. The van der Waals surface area contributed by atoms with Gasteiger partial charge in [-0.25, -0.2) is 4.98 Å². The Morgan fingerprint density at radius 3 is 2.80 bits per heavy atom. The van der Waals surface area contributed by atoms with Crippen LogP contribution < -0.4 is 4.74 Å². The lowest BCUT2D eigenvalue weighted by Gasteiger charge is -2.09. The molecule has 0 bridgehead atoms. The van der Waals surface area contributed by atoms with Crippen molar-refractivity contribution in [2.75, 3.05) is 7.11 Å². The van der Waals surface area contributed by atoms with Gasteiger partial charge in [0.2, 0.25) is 5.88 Å². The van der Waals surface area contributed by atoms with E-state index in [1.807, 2.05) is 6.07 Å². The first-order valence-electron chi connectivity index (χ1n) is 4.47. The number of aryl methyl sites for hydroxylation is 1. The quantitative estimate of drug-likeness (QED) is 0.808. The number of benzene rings is 1. The Bertz CT molecular complexity index is 525. The normalized spacial score (nSPS) is 10.6. The van der Waals surface area contributed by atoms with Crippen molar-refractivity contribution in [1.82, 2.24) is 4.98 Å². The fraction of sp³-hybridized carbons (Fsp3) is 0.182. The molecule has 1 heterocycles. The van der Waals surface area contributed by atoms with Gasteiger partial charge >= 0.3 is 0 Å². The SMILES string of the molecule is COc1nc(C)c(Cl)c2c(O)cccc12. The monoisotopic (exact) mass is 223 g/mol. The minimum absolute atomic E-state index is 0.140. The minimum Gasteiger partial charge on any atom is -0.507 e. The molecule has 0 saturated heterocycles. The van der Waals surface area contributed by atoms with E-state index in [0.717, 1.165) is 0 Å². The summed E-state index contributed by atoms with van der Waals surface area (Å²) in [5, 5.41) is 11.5. The van der Waals surface area contributed by atoms with Crippen LogP contribution in [0.2, 0.25) is 5.02 Å². The predicted octanol–water partition coefficient (Wildman–Crippen LogP) is 2.91. The second-order valence-corrected chi connectivity index (χ2v) is 3.60. The maximum atomic E-state index is 9.73. The summed E-state index contributed by atoms with van der Waals surface area (Å²) in [7, 11) is 1.54. The number of aromatic hydroxyl groups is 1. The number of ether oxygens (including phenoxy) is 1. The fourth-order valence-electron chi connectivity index (χ4n) is 1.55. The molecule has 0 saturated carbocycles. The molecule has 3 nitrogen and oxygen atoms in total. The molecule has 0 radical (unpaired) electrons. The molecule has 1 N–H and O–H groups in total. The number of phenolic OH excluding ortho intramolecular Hbond substituents is 1. The standard InChI is InChI=1S/C11H10ClNO2/c1-6-10(12)9-7(11(13-6)15-2)4-3-5-8(9)14/h3-5,14H,1-2H3. The second-order valence-electron chi connectivity index (χ2n) is 3.22. The number of fused-ring (bicyclic) bond motifs is 1. The van der Waals surface area contributed by atoms with Gasteiger partial charge in [0, 0.05) is 10.8 Å². The molecule has 0 amide bonds. The van der Waals surface area contributed by atoms with Crippen LogP contribution in [0.1, 0.15) is 5.69 Å². The zero-order chi connectivity index (χ0) is 11.0. The van der Waals surface area contributed by atoms with Crippen LogP contribution in [0.4, 0.5) is 0 Å². The first-order valence-corrected chi connectivity index (χ1v) is 4.84. The van der Waals surface area contributed by atoms with E-state index in [-0.39, 0.29) is 5.75 Å². The number of aromatic nitrogens is 1. The van der Waals surface area contributed by atoms with Crippen LogP contribution in [0, 0.1) is 6.92 Å². The molecule has 1 aromatic heterocycles. The number of methoxy groups -OCH3 is 1. The van der Waals surface area contributed by atoms with Crippen molar-refractivity contribution >= 4 is 22.4 Å². The third kappa shape index (κ3) is 1.49. The van der Waals surface area contributed by atoms with Gasteiger partial charge in [-0.2, -0.15) is 0 Å². The molecule has 0 aliphatic heterocycles. The highest BCUT2D eigenvalue weighted by Gasteiger charge is 2.12. The van der Waals surface area contributed by atoms with Crippen LogP contribution in [0.3, 0.4) is 0 Å². The molecule has 1 aromatic carbocycles. The van der Waals surface area contributed by atoms with E-state index >= 15 is 0 Å². The van der Waals surface area contributed by atoms with E-state index in [2.05, 4.69) is 4.98 Å². The minimum atomic E-state index is 0.140.